The molecule has 0 bridgehead atoms. The van der Waals surface area contributed by atoms with E-state index in [0.29, 0.717) is 41.3 Å². The Balaban J connectivity index is 1.57. The highest BCUT2D eigenvalue weighted by molar-refractivity contribution is 6.30. The molecule has 156 valence electrons. The quantitative estimate of drug-likeness (QED) is 0.449. The van der Waals surface area contributed by atoms with Crippen molar-refractivity contribution in [3.63, 3.8) is 0 Å². The van der Waals surface area contributed by atoms with E-state index >= 15 is 0 Å². The zero-order valence-electron chi connectivity index (χ0n) is 16.8. The van der Waals surface area contributed by atoms with Crippen molar-refractivity contribution >= 4 is 23.2 Å². The van der Waals surface area contributed by atoms with Crippen molar-refractivity contribution < 1.29 is 4.74 Å². The number of nitrogens with zero attached hydrogens (tertiary/aromatic N) is 4. The highest BCUT2D eigenvalue weighted by Crippen LogP contribution is 2.23. The second kappa shape index (κ2) is 9.40. The monoisotopic (exact) mass is 433 g/mol. The van der Waals surface area contributed by atoms with Crippen molar-refractivity contribution in [2.24, 2.45) is 0 Å². The maximum atomic E-state index is 12.3. The predicted octanol–water partition coefficient (Wildman–Crippen LogP) is 4.83. The number of hydrogen-bond donors (Lipinski definition) is 1. The minimum atomic E-state index is -0.340. The first kappa shape index (κ1) is 20.6. The molecule has 0 aliphatic heterocycles. The highest BCUT2D eigenvalue weighted by atomic mass is 35.5. The van der Waals surface area contributed by atoms with Gasteiger partial charge in [-0.2, -0.15) is 10.1 Å². The van der Waals surface area contributed by atoms with Crippen LogP contribution >= 0.6 is 11.6 Å². The molecule has 31 heavy (non-hydrogen) atoms. The van der Waals surface area contributed by atoms with Crippen LogP contribution < -0.4 is 15.6 Å². The average Bonchev–Trinajstić information content (AvgIpc) is 2.79. The summed E-state index contributed by atoms with van der Waals surface area (Å²) in [6.07, 6.45) is 2.18. The molecular weight excluding hydrogens is 414 g/mol. The van der Waals surface area contributed by atoms with Gasteiger partial charge >= 0.3 is 0 Å². The van der Waals surface area contributed by atoms with E-state index in [1.807, 2.05) is 67.6 Å². The van der Waals surface area contributed by atoms with Gasteiger partial charge in [0, 0.05) is 23.0 Å². The van der Waals surface area contributed by atoms with E-state index in [1.54, 1.807) is 16.9 Å². The first-order valence-electron chi connectivity index (χ1n) is 9.79. The molecule has 2 heterocycles. The summed E-state index contributed by atoms with van der Waals surface area (Å²) >= 11 is 5.98. The summed E-state index contributed by atoms with van der Waals surface area (Å²) in [6, 6.07) is 20.2. The predicted molar refractivity (Wildman–Crippen MR) is 120 cm³/mol. The van der Waals surface area contributed by atoms with E-state index in [1.165, 1.54) is 0 Å². The molecule has 0 aliphatic rings. The fourth-order valence-corrected chi connectivity index (χ4v) is 3.03. The minimum absolute atomic E-state index is 0.340. The number of pyridine rings is 1. The third kappa shape index (κ3) is 5.26. The number of rotatable bonds is 7. The van der Waals surface area contributed by atoms with Crippen LogP contribution in [-0.4, -0.2) is 19.7 Å². The van der Waals surface area contributed by atoms with Gasteiger partial charge in [0.15, 0.2) is 0 Å². The van der Waals surface area contributed by atoms with Gasteiger partial charge in [-0.05, 0) is 54.4 Å². The summed E-state index contributed by atoms with van der Waals surface area (Å²) in [5.74, 6) is 1.52. The van der Waals surface area contributed by atoms with E-state index in [9.17, 15) is 4.79 Å². The molecule has 0 atom stereocenters. The summed E-state index contributed by atoms with van der Waals surface area (Å²) in [6.45, 7) is 2.33. The van der Waals surface area contributed by atoms with Gasteiger partial charge in [-0.1, -0.05) is 36.7 Å². The first-order valence-corrected chi connectivity index (χ1v) is 10.2. The molecule has 0 saturated carbocycles. The lowest BCUT2D eigenvalue weighted by molar-refractivity contribution is 0.463. The molecule has 7 nitrogen and oxygen atoms in total. The van der Waals surface area contributed by atoms with Gasteiger partial charge in [0.2, 0.25) is 11.8 Å². The van der Waals surface area contributed by atoms with Gasteiger partial charge in [-0.25, -0.2) is 9.67 Å². The first-order chi connectivity index (χ1) is 15.1. The van der Waals surface area contributed by atoms with Crippen LogP contribution in [-0.2, 0) is 13.0 Å². The Morgan fingerprint density at radius 2 is 1.81 bits per heavy atom. The van der Waals surface area contributed by atoms with Crippen LogP contribution in [0.1, 0.15) is 18.2 Å². The molecule has 0 amide bonds. The summed E-state index contributed by atoms with van der Waals surface area (Å²) in [5.41, 5.74) is 1.81. The Morgan fingerprint density at radius 3 is 2.48 bits per heavy atom. The van der Waals surface area contributed by atoms with Crippen molar-refractivity contribution in [2.45, 2.75) is 19.9 Å². The number of anilines is 2. The van der Waals surface area contributed by atoms with Crippen LogP contribution in [0.3, 0.4) is 0 Å². The Hall–Kier alpha value is -3.71. The molecule has 0 saturated heterocycles. The molecule has 0 fully saturated rings. The fraction of sp³-hybridized carbons (Fsp3) is 0.130. The van der Waals surface area contributed by atoms with E-state index < -0.39 is 0 Å². The van der Waals surface area contributed by atoms with Crippen LogP contribution in [0.5, 0.6) is 11.6 Å². The molecule has 2 aromatic heterocycles. The summed E-state index contributed by atoms with van der Waals surface area (Å²) in [4.78, 5) is 20.7. The topological polar surface area (TPSA) is 81.9 Å². The molecule has 2 aromatic carbocycles. The van der Waals surface area contributed by atoms with Crippen molar-refractivity contribution in [1.29, 1.82) is 0 Å². The van der Waals surface area contributed by atoms with E-state index in [4.69, 9.17) is 16.3 Å². The number of hydrogen-bond acceptors (Lipinski definition) is 6. The number of ether oxygens (including phenoxy) is 1. The molecule has 1 N–H and O–H groups in total. The second-order valence-corrected chi connectivity index (χ2v) is 7.18. The molecule has 0 radical (unpaired) electrons. The average molecular weight is 434 g/mol. The SMILES string of the molecule is CCc1nn(Cc2ccc(Cl)cc2)c(Nc2ccc(Oc3ccccn3)cc2)nc1=O. The van der Waals surface area contributed by atoms with Gasteiger partial charge in [0.1, 0.15) is 11.4 Å². The van der Waals surface area contributed by atoms with E-state index in [0.717, 1.165) is 11.3 Å². The fourth-order valence-electron chi connectivity index (χ4n) is 2.91. The molecular formula is C23H20ClN5O2. The lowest BCUT2D eigenvalue weighted by Crippen LogP contribution is -2.24. The number of nitrogens with one attached hydrogen (secondary N) is 1. The number of aryl methyl sites for hydroxylation is 1. The van der Waals surface area contributed by atoms with Gasteiger partial charge in [-0.3, -0.25) is 4.79 Å². The van der Waals surface area contributed by atoms with Crippen LogP contribution in [0.25, 0.3) is 0 Å². The van der Waals surface area contributed by atoms with Crippen LogP contribution in [0.2, 0.25) is 5.02 Å². The largest absolute Gasteiger partial charge is 0.439 e. The Bertz CT molecular complexity index is 1210. The number of benzene rings is 2. The number of aromatic nitrogens is 4. The van der Waals surface area contributed by atoms with Crippen molar-refractivity contribution in [1.82, 2.24) is 19.7 Å². The van der Waals surface area contributed by atoms with Gasteiger partial charge < -0.3 is 10.1 Å². The molecule has 4 rings (SSSR count). The van der Waals surface area contributed by atoms with Gasteiger partial charge in [0.25, 0.3) is 5.56 Å². The third-order valence-electron chi connectivity index (χ3n) is 4.49. The normalized spacial score (nSPS) is 10.6. The smallest absolute Gasteiger partial charge is 0.296 e. The van der Waals surface area contributed by atoms with Crippen molar-refractivity contribution in [3.05, 3.63) is 99.6 Å². The summed E-state index contributed by atoms with van der Waals surface area (Å²) < 4.78 is 7.39. The third-order valence-corrected chi connectivity index (χ3v) is 4.74. The summed E-state index contributed by atoms with van der Waals surface area (Å²) in [5, 5.41) is 8.33. The molecule has 8 heteroatoms. The van der Waals surface area contributed by atoms with Gasteiger partial charge in [-0.15, -0.1) is 0 Å². The van der Waals surface area contributed by atoms with Crippen LogP contribution in [0.4, 0.5) is 11.6 Å². The van der Waals surface area contributed by atoms with Gasteiger partial charge in [0.05, 0.1) is 6.54 Å². The van der Waals surface area contributed by atoms with Crippen LogP contribution in [0.15, 0.2) is 77.7 Å². The lowest BCUT2D eigenvalue weighted by atomic mass is 10.2. The summed E-state index contributed by atoms with van der Waals surface area (Å²) in [7, 11) is 0. The molecule has 0 aliphatic carbocycles. The zero-order chi connectivity index (χ0) is 21.6. The maximum Gasteiger partial charge on any atom is 0.296 e. The lowest BCUT2D eigenvalue weighted by Gasteiger charge is -2.14. The van der Waals surface area contributed by atoms with E-state index in [-0.39, 0.29) is 5.56 Å². The zero-order valence-corrected chi connectivity index (χ0v) is 17.6. The second-order valence-electron chi connectivity index (χ2n) is 6.74. The molecule has 0 unspecified atom stereocenters. The van der Waals surface area contributed by atoms with Crippen LogP contribution in [0, 0.1) is 0 Å². The van der Waals surface area contributed by atoms with Crippen molar-refractivity contribution in [3.8, 4) is 11.6 Å². The standard InChI is InChI=1S/C23H20ClN5O2/c1-2-20-22(30)27-23(29(28-20)15-16-6-8-17(24)9-7-16)26-18-10-12-19(13-11-18)31-21-5-3-4-14-25-21/h3-14H,2,15H2,1H3,(H,26,27,30). The molecule has 0 spiro atoms. The maximum absolute atomic E-state index is 12.3. The number of halogens is 1. The van der Waals surface area contributed by atoms with Crippen molar-refractivity contribution in [2.75, 3.05) is 5.32 Å². The highest BCUT2D eigenvalue weighted by Gasteiger charge is 2.11. The Kier molecular flexibility index (Phi) is 6.24. The molecule has 4 aromatic rings. The van der Waals surface area contributed by atoms with E-state index in [2.05, 4.69) is 20.4 Å². The Labute approximate surface area is 184 Å². The minimum Gasteiger partial charge on any atom is -0.439 e. The Morgan fingerprint density at radius 1 is 1.03 bits per heavy atom.